The molecule has 19 heavy (non-hydrogen) atoms. The van der Waals surface area contributed by atoms with Crippen LogP contribution in [-0.2, 0) is 24.7 Å². The summed E-state index contributed by atoms with van der Waals surface area (Å²) in [6, 6.07) is 6.75. The zero-order valence-corrected chi connectivity index (χ0v) is 11.2. The summed E-state index contributed by atoms with van der Waals surface area (Å²) in [5.74, 6) is -1.68. The molecule has 0 aromatic heterocycles. The number of benzene rings is 1. The molecule has 1 heterocycles. The van der Waals surface area contributed by atoms with E-state index in [0.717, 1.165) is 0 Å². The highest BCUT2D eigenvalue weighted by Crippen LogP contribution is 2.40. The van der Waals surface area contributed by atoms with E-state index in [1.165, 1.54) is 13.8 Å². The quantitative estimate of drug-likeness (QED) is 0.837. The molecule has 2 N–H and O–H groups in total. The Kier molecular flexibility index (Phi) is 3.24. The van der Waals surface area contributed by atoms with Crippen LogP contribution in [0.5, 0.6) is 0 Å². The molecule has 2 rings (SSSR count). The molecule has 100 valence electrons. The van der Waals surface area contributed by atoms with Gasteiger partial charge in [-0.3, -0.25) is 9.59 Å². The van der Waals surface area contributed by atoms with Crippen LogP contribution in [0.4, 0.5) is 0 Å². The van der Waals surface area contributed by atoms with Gasteiger partial charge in [0.25, 0.3) is 5.78 Å². The summed E-state index contributed by atoms with van der Waals surface area (Å²) in [5.41, 5.74) is 4.68. The maximum Gasteiger partial charge on any atom is 0.308 e. The number of ketones is 1. The number of carbonyl (C=O) groups is 2. The first kappa shape index (κ1) is 13.4. The molecule has 5 nitrogen and oxygen atoms in total. The summed E-state index contributed by atoms with van der Waals surface area (Å²) in [7, 11) is 0. The summed E-state index contributed by atoms with van der Waals surface area (Å²) >= 11 is 6.06. The molecule has 1 aliphatic heterocycles. The molecule has 1 aliphatic rings. The number of halogens is 1. The van der Waals surface area contributed by atoms with Crippen molar-refractivity contribution in [2.45, 2.75) is 19.4 Å². The molecule has 6 heteroatoms. The van der Waals surface area contributed by atoms with Gasteiger partial charge in [0, 0.05) is 17.5 Å². The van der Waals surface area contributed by atoms with E-state index in [1.807, 2.05) is 0 Å². The van der Waals surface area contributed by atoms with Gasteiger partial charge in [-0.1, -0.05) is 29.8 Å². The largest absolute Gasteiger partial charge is 0.457 e. The predicted octanol–water partition coefficient (Wildman–Crippen LogP) is 1.85. The molecule has 0 amide bonds. The van der Waals surface area contributed by atoms with Crippen molar-refractivity contribution in [3.8, 4) is 0 Å². The number of rotatable bonds is 2. The SMILES string of the molecule is CC(=O)OC1=C(N)OC(C)(c2ccccc2Cl)C1=O. The molecule has 0 bridgehead atoms. The van der Waals surface area contributed by atoms with Crippen molar-refractivity contribution in [2.24, 2.45) is 5.73 Å². The average Bonchev–Trinajstić information content (AvgIpc) is 2.54. The van der Waals surface area contributed by atoms with Gasteiger partial charge in [0.15, 0.2) is 0 Å². The van der Waals surface area contributed by atoms with E-state index in [1.54, 1.807) is 24.3 Å². The molecule has 1 aromatic rings. The van der Waals surface area contributed by atoms with E-state index in [0.29, 0.717) is 10.6 Å². The molecule has 0 saturated heterocycles. The minimum atomic E-state index is -1.38. The van der Waals surface area contributed by atoms with Crippen LogP contribution in [0.3, 0.4) is 0 Å². The standard InChI is InChI=1S/C13H12ClNO4/c1-7(16)18-10-11(17)13(2,19-12(10)15)8-5-3-4-6-9(8)14/h3-6H,15H2,1-2H3. The second-order valence-electron chi connectivity index (χ2n) is 4.23. The van der Waals surface area contributed by atoms with Gasteiger partial charge >= 0.3 is 5.97 Å². The highest BCUT2D eigenvalue weighted by atomic mass is 35.5. The predicted molar refractivity (Wildman–Crippen MR) is 67.9 cm³/mol. The van der Waals surface area contributed by atoms with Gasteiger partial charge in [-0.2, -0.15) is 0 Å². The highest BCUT2D eigenvalue weighted by molar-refractivity contribution is 6.32. The minimum absolute atomic E-state index is 0.220. The fourth-order valence-electron chi connectivity index (χ4n) is 1.91. The Hall–Kier alpha value is -2.01. The van der Waals surface area contributed by atoms with Crippen molar-refractivity contribution in [3.63, 3.8) is 0 Å². The smallest absolute Gasteiger partial charge is 0.308 e. The monoisotopic (exact) mass is 281 g/mol. The molecule has 0 fully saturated rings. The lowest BCUT2D eigenvalue weighted by Crippen LogP contribution is -2.32. The first-order valence-electron chi connectivity index (χ1n) is 5.53. The normalized spacial score (nSPS) is 22.4. The molecule has 1 unspecified atom stereocenters. The number of hydrogen-bond acceptors (Lipinski definition) is 5. The van der Waals surface area contributed by atoms with E-state index < -0.39 is 17.4 Å². The van der Waals surface area contributed by atoms with Gasteiger partial charge in [0.2, 0.25) is 17.2 Å². The van der Waals surface area contributed by atoms with Crippen molar-refractivity contribution in [2.75, 3.05) is 0 Å². The number of hydrogen-bond donors (Lipinski definition) is 1. The summed E-state index contributed by atoms with van der Waals surface area (Å²) in [5, 5.41) is 0.371. The zero-order chi connectivity index (χ0) is 14.2. The van der Waals surface area contributed by atoms with Gasteiger partial charge in [-0.15, -0.1) is 0 Å². The number of Topliss-reactive ketones (excluding diaryl/α,β-unsaturated/α-hetero) is 1. The Morgan fingerprint density at radius 1 is 1.42 bits per heavy atom. The van der Waals surface area contributed by atoms with Gasteiger partial charge < -0.3 is 15.2 Å². The highest BCUT2D eigenvalue weighted by Gasteiger charge is 2.49. The Labute approximate surface area is 114 Å². The van der Waals surface area contributed by atoms with Crippen LogP contribution >= 0.6 is 11.6 Å². The molecule has 0 spiro atoms. The maximum atomic E-state index is 12.3. The third kappa shape index (κ3) is 2.17. The molecule has 1 atom stereocenters. The summed E-state index contributed by atoms with van der Waals surface area (Å²) < 4.78 is 10.2. The Morgan fingerprint density at radius 3 is 2.63 bits per heavy atom. The summed E-state index contributed by atoms with van der Waals surface area (Å²) in [6.45, 7) is 2.71. The van der Waals surface area contributed by atoms with E-state index >= 15 is 0 Å². The molecule has 0 radical (unpaired) electrons. The number of nitrogens with two attached hydrogens (primary N) is 1. The number of esters is 1. The fourth-order valence-corrected chi connectivity index (χ4v) is 2.22. The number of ether oxygens (including phenoxy) is 2. The van der Waals surface area contributed by atoms with Crippen LogP contribution in [0.1, 0.15) is 19.4 Å². The molecule has 0 aliphatic carbocycles. The number of carbonyl (C=O) groups excluding carboxylic acids is 2. The van der Waals surface area contributed by atoms with Crippen LogP contribution < -0.4 is 5.73 Å². The van der Waals surface area contributed by atoms with Crippen LogP contribution in [0, 0.1) is 0 Å². The summed E-state index contributed by atoms with van der Waals surface area (Å²) in [4.78, 5) is 23.3. The third-order valence-electron chi connectivity index (χ3n) is 2.81. The minimum Gasteiger partial charge on any atom is -0.457 e. The molecular weight excluding hydrogens is 270 g/mol. The van der Waals surface area contributed by atoms with E-state index in [2.05, 4.69) is 0 Å². The molecular formula is C13H12ClNO4. The lowest BCUT2D eigenvalue weighted by Gasteiger charge is -2.23. The Morgan fingerprint density at radius 2 is 2.05 bits per heavy atom. The second kappa shape index (κ2) is 4.59. The lowest BCUT2D eigenvalue weighted by atomic mass is 9.91. The summed E-state index contributed by atoms with van der Waals surface area (Å²) in [6.07, 6.45) is 0. The van der Waals surface area contributed by atoms with Gasteiger partial charge in [-0.05, 0) is 13.0 Å². The van der Waals surface area contributed by atoms with E-state index in [4.69, 9.17) is 26.8 Å². The van der Waals surface area contributed by atoms with Crippen LogP contribution in [0.25, 0.3) is 0 Å². The second-order valence-corrected chi connectivity index (χ2v) is 4.64. The van der Waals surface area contributed by atoms with Crippen molar-refractivity contribution < 1.29 is 19.1 Å². The van der Waals surface area contributed by atoms with Crippen molar-refractivity contribution >= 4 is 23.4 Å². The van der Waals surface area contributed by atoms with Crippen molar-refractivity contribution in [1.82, 2.24) is 0 Å². The van der Waals surface area contributed by atoms with Crippen LogP contribution in [0.15, 0.2) is 35.9 Å². The van der Waals surface area contributed by atoms with Crippen molar-refractivity contribution in [1.29, 1.82) is 0 Å². The van der Waals surface area contributed by atoms with Gasteiger partial charge in [0.1, 0.15) is 0 Å². The first-order valence-corrected chi connectivity index (χ1v) is 5.91. The van der Waals surface area contributed by atoms with Crippen LogP contribution in [-0.4, -0.2) is 11.8 Å². The lowest BCUT2D eigenvalue weighted by molar-refractivity contribution is -0.142. The zero-order valence-electron chi connectivity index (χ0n) is 10.4. The molecule has 1 aromatic carbocycles. The van der Waals surface area contributed by atoms with E-state index in [9.17, 15) is 9.59 Å². The fraction of sp³-hybridized carbons (Fsp3) is 0.231. The third-order valence-corrected chi connectivity index (χ3v) is 3.14. The maximum absolute atomic E-state index is 12.3. The van der Waals surface area contributed by atoms with Crippen LogP contribution in [0.2, 0.25) is 5.02 Å². The topological polar surface area (TPSA) is 78.6 Å². The molecule has 0 saturated carbocycles. The van der Waals surface area contributed by atoms with E-state index in [-0.39, 0.29) is 11.6 Å². The van der Waals surface area contributed by atoms with Gasteiger partial charge in [0.05, 0.1) is 0 Å². The Bertz CT molecular complexity index is 596. The Balaban J connectivity index is 2.43. The first-order chi connectivity index (χ1) is 8.86. The van der Waals surface area contributed by atoms with Gasteiger partial charge in [-0.25, -0.2) is 0 Å². The average molecular weight is 282 g/mol. The van der Waals surface area contributed by atoms with Crippen molar-refractivity contribution in [3.05, 3.63) is 46.5 Å².